The van der Waals surface area contributed by atoms with Crippen molar-refractivity contribution in [1.82, 2.24) is 9.97 Å². The third kappa shape index (κ3) is 4.71. The quantitative estimate of drug-likeness (QED) is 0.491. The van der Waals surface area contributed by atoms with Crippen LogP contribution in [0, 0.1) is 6.92 Å². The van der Waals surface area contributed by atoms with Crippen molar-refractivity contribution in [3.63, 3.8) is 0 Å². The summed E-state index contributed by atoms with van der Waals surface area (Å²) in [6.45, 7) is 0.548. The molecular formula is C19H17F2N3O2S. The molecule has 2 aromatic carbocycles. The maximum Gasteiger partial charge on any atom is 0.387 e. The number of nitrogens with zero attached hydrogens (tertiary/aromatic N) is 2. The summed E-state index contributed by atoms with van der Waals surface area (Å²) in [5.41, 5.74) is 0.995. The zero-order valence-corrected chi connectivity index (χ0v) is 15.5. The summed E-state index contributed by atoms with van der Waals surface area (Å²) in [6, 6.07) is 13.6. The number of carbonyl (C=O) groups is 1. The zero-order valence-electron chi connectivity index (χ0n) is 14.6. The van der Waals surface area contributed by atoms with E-state index in [2.05, 4.69) is 20.0 Å². The van der Waals surface area contributed by atoms with Crippen LogP contribution in [0.1, 0.15) is 12.7 Å². The lowest BCUT2D eigenvalue weighted by molar-refractivity contribution is -0.115. The standard InChI is InChI=1S/C19H17F2N3O2S/c1-11(17(25)24-15-9-5-6-10-16(15)26-19(20)21)27-18-13-7-3-4-8-14(13)22-12(2)23-18/h3-11,19H,1-2H3,(H,24,25)/t11-/m1/s1. The van der Waals surface area contributed by atoms with Crippen molar-refractivity contribution in [2.45, 2.75) is 30.7 Å². The van der Waals surface area contributed by atoms with Crippen LogP contribution in [0.5, 0.6) is 5.75 Å². The Morgan fingerprint density at radius 2 is 1.81 bits per heavy atom. The van der Waals surface area contributed by atoms with Gasteiger partial charge in [0.15, 0.2) is 0 Å². The molecule has 1 amide bonds. The Hall–Kier alpha value is -2.74. The predicted molar refractivity (Wildman–Crippen MR) is 101 cm³/mol. The third-order valence-corrected chi connectivity index (χ3v) is 4.80. The smallest absolute Gasteiger partial charge is 0.387 e. The minimum Gasteiger partial charge on any atom is -0.433 e. The molecule has 0 unspecified atom stereocenters. The van der Waals surface area contributed by atoms with Gasteiger partial charge in [0, 0.05) is 5.39 Å². The molecule has 1 aromatic heterocycles. The van der Waals surface area contributed by atoms with Gasteiger partial charge in [0.05, 0.1) is 16.5 Å². The highest BCUT2D eigenvalue weighted by Crippen LogP contribution is 2.30. The number of carbonyl (C=O) groups excluding carboxylic acids is 1. The molecule has 3 aromatic rings. The molecule has 0 radical (unpaired) electrons. The van der Waals surface area contributed by atoms with E-state index in [9.17, 15) is 13.6 Å². The number of nitrogens with one attached hydrogen (secondary N) is 1. The van der Waals surface area contributed by atoms with E-state index in [1.807, 2.05) is 24.3 Å². The van der Waals surface area contributed by atoms with Gasteiger partial charge in [0.1, 0.15) is 16.6 Å². The summed E-state index contributed by atoms with van der Waals surface area (Å²) >= 11 is 1.28. The average molecular weight is 389 g/mol. The summed E-state index contributed by atoms with van der Waals surface area (Å²) in [5.74, 6) is 0.187. The Morgan fingerprint density at radius 3 is 2.59 bits per heavy atom. The van der Waals surface area contributed by atoms with Crippen molar-refractivity contribution in [1.29, 1.82) is 0 Å². The van der Waals surface area contributed by atoms with Crippen molar-refractivity contribution < 1.29 is 18.3 Å². The highest BCUT2D eigenvalue weighted by atomic mass is 32.2. The van der Waals surface area contributed by atoms with Crippen LogP contribution in [0.15, 0.2) is 53.6 Å². The molecule has 1 heterocycles. The minimum atomic E-state index is -2.97. The largest absolute Gasteiger partial charge is 0.433 e. The lowest BCUT2D eigenvalue weighted by Crippen LogP contribution is -2.23. The molecule has 140 valence electrons. The maximum absolute atomic E-state index is 12.6. The van der Waals surface area contributed by atoms with E-state index in [4.69, 9.17) is 0 Å². The Morgan fingerprint density at radius 1 is 1.11 bits per heavy atom. The summed E-state index contributed by atoms with van der Waals surface area (Å²) in [6.07, 6.45) is 0. The molecule has 0 saturated heterocycles. The van der Waals surface area contributed by atoms with Crippen LogP contribution in [-0.2, 0) is 4.79 Å². The number of para-hydroxylation sites is 3. The van der Waals surface area contributed by atoms with Gasteiger partial charge in [-0.15, -0.1) is 0 Å². The molecule has 0 saturated carbocycles. The highest BCUT2D eigenvalue weighted by Gasteiger charge is 2.19. The second kappa shape index (κ2) is 8.30. The molecule has 0 spiro atoms. The van der Waals surface area contributed by atoms with Gasteiger partial charge >= 0.3 is 6.61 Å². The molecule has 0 aliphatic rings. The van der Waals surface area contributed by atoms with Gasteiger partial charge < -0.3 is 10.1 Å². The van der Waals surface area contributed by atoms with Crippen LogP contribution < -0.4 is 10.1 Å². The van der Waals surface area contributed by atoms with E-state index in [0.717, 1.165) is 10.9 Å². The number of thioether (sulfide) groups is 1. The van der Waals surface area contributed by atoms with Gasteiger partial charge in [0.25, 0.3) is 0 Å². The normalized spacial score (nSPS) is 12.2. The number of hydrogen-bond donors (Lipinski definition) is 1. The van der Waals surface area contributed by atoms with Crippen LogP contribution in [0.2, 0.25) is 0 Å². The van der Waals surface area contributed by atoms with E-state index in [1.165, 1.54) is 23.9 Å². The second-order valence-corrected chi connectivity index (χ2v) is 7.05. The Labute approximate surface area is 159 Å². The molecule has 0 fully saturated rings. The molecule has 1 N–H and O–H groups in total. The fourth-order valence-electron chi connectivity index (χ4n) is 2.47. The van der Waals surface area contributed by atoms with Crippen LogP contribution in [-0.4, -0.2) is 27.7 Å². The lowest BCUT2D eigenvalue weighted by Gasteiger charge is -2.15. The summed E-state index contributed by atoms with van der Waals surface area (Å²) in [5, 5.41) is 3.67. The van der Waals surface area contributed by atoms with Gasteiger partial charge in [-0.2, -0.15) is 8.78 Å². The molecule has 0 aliphatic heterocycles. The number of fused-ring (bicyclic) bond motifs is 1. The van der Waals surface area contributed by atoms with Gasteiger partial charge in [-0.1, -0.05) is 42.1 Å². The van der Waals surface area contributed by atoms with Gasteiger partial charge in [-0.3, -0.25) is 4.79 Å². The monoisotopic (exact) mass is 389 g/mol. The number of rotatable bonds is 6. The summed E-state index contributed by atoms with van der Waals surface area (Å²) in [7, 11) is 0. The van der Waals surface area contributed by atoms with Gasteiger partial charge in [0.2, 0.25) is 5.91 Å². The second-order valence-electron chi connectivity index (χ2n) is 5.72. The number of alkyl halides is 2. The minimum absolute atomic E-state index is 0.0821. The van der Waals surface area contributed by atoms with E-state index < -0.39 is 11.9 Å². The molecule has 5 nitrogen and oxygen atoms in total. The number of hydrogen-bond acceptors (Lipinski definition) is 5. The van der Waals surface area contributed by atoms with Crippen molar-refractivity contribution in [2.24, 2.45) is 0 Å². The molecule has 27 heavy (non-hydrogen) atoms. The first kappa shape index (κ1) is 19.0. The first-order chi connectivity index (χ1) is 12.9. The third-order valence-electron chi connectivity index (χ3n) is 3.70. The van der Waals surface area contributed by atoms with Crippen LogP contribution >= 0.6 is 11.8 Å². The van der Waals surface area contributed by atoms with E-state index >= 15 is 0 Å². The lowest BCUT2D eigenvalue weighted by atomic mass is 10.2. The molecule has 1 atom stereocenters. The fraction of sp³-hybridized carbons (Fsp3) is 0.211. The summed E-state index contributed by atoms with van der Waals surface area (Å²) in [4.78, 5) is 21.4. The average Bonchev–Trinajstić information content (AvgIpc) is 2.62. The van der Waals surface area contributed by atoms with E-state index in [1.54, 1.807) is 26.0 Å². The number of amides is 1. The number of aryl methyl sites for hydroxylation is 1. The number of anilines is 1. The highest BCUT2D eigenvalue weighted by molar-refractivity contribution is 8.00. The number of benzene rings is 2. The number of halogens is 2. The van der Waals surface area contributed by atoms with Crippen molar-refractivity contribution in [2.75, 3.05) is 5.32 Å². The molecule has 3 rings (SSSR count). The Kier molecular flexibility index (Phi) is 5.85. The number of ether oxygens (including phenoxy) is 1. The molecule has 0 aliphatic carbocycles. The topological polar surface area (TPSA) is 64.1 Å². The first-order valence-electron chi connectivity index (χ1n) is 8.19. The maximum atomic E-state index is 12.6. The van der Waals surface area contributed by atoms with Gasteiger partial charge in [-0.25, -0.2) is 9.97 Å². The Bertz CT molecular complexity index is 969. The van der Waals surface area contributed by atoms with Crippen LogP contribution in [0.25, 0.3) is 10.9 Å². The fourth-order valence-corrected chi connectivity index (χ4v) is 3.46. The predicted octanol–water partition coefficient (Wildman–Crippen LogP) is 4.66. The summed E-state index contributed by atoms with van der Waals surface area (Å²) < 4.78 is 29.5. The van der Waals surface area contributed by atoms with E-state index in [0.29, 0.717) is 10.9 Å². The van der Waals surface area contributed by atoms with Crippen molar-refractivity contribution >= 4 is 34.3 Å². The van der Waals surface area contributed by atoms with Crippen LogP contribution in [0.4, 0.5) is 14.5 Å². The SMILES string of the molecule is Cc1nc(S[C@H](C)C(=O)Nc2ccccc2OC(F)F)c2ccccc2n1. The Balaban J connectivity index is 1.78. The first-order valence-corrected chi connectivity index (χ1v) is 9.07. The molecular weight excluding hydrogens is 372 g/mol. The van der Waals surface area contributed by atoms with Crippen molar-refractivity contribution in [3.05, 3.63) is 54.4 Å². The van der Waals surface area contributed by atoms with Gasteiger partial charge in [-0.05, 0) is 32.0 Å². The molecule has 8 heteroatoms. The molecule has 0 bridgehead atoms. The van der Waals surface area contributed by atoms with Crippen LogP contribution in [0.3, 0.4) is 0 Å². The van der Waals surface area contributed by atoms with Crippen molar-refractivity contribution in [3.8, 4) is 5.75 Å². The van der Waals surface area contributed by atoms with E-state index in [-0.39, 0.29) is 17.3 Å². The zero-order chi connectivity index (χ0) is 19.4. The number of aromatic nitrogens is 2.